The molecule has 1 heterocycles. The van der Waals surface area contributed by atoms with E-state index in [9.17, 15) is 4.79 Å². The van der Waals surface area contributed by atoms with E-state index in [4.69, 9.17) is 5.26 Å². The predicted octanol–water partition coefficient (Wildman–Crippen LogP) is 2.01. The number of rotatable bonds is 1. The SMILES string of the molecule is N#CC(Br)(Br)C(=O)N1CCCCC1. The highest BCUT2D eigenvalue weighted by atomic mass is 79.9. The van der Waals surface area contributed by atoms with Gasteiger partial charge in [0.2, 0.25) is 3.23 Å². The average molecular weight is 310 g/mol. The molecule has 72 valence electrons. The number of halogens is 2. The molecule has 0 aliphatic carbocycles. The van der Waals surface area contributed by atoms with Crippen LogP contribution in [0.4, 0.5) is 0 Å². The van der Waals surface area contributed by atoms with Crippen molar-refractivity contribution in [3.05, 3.63) is 0 Å². The highest BCUT2D eigenvalue weighted by Crippen LogP contribution is 2.28. The van der Waals surface area contributed by atoms with Crippen LogP contribution < -0.4 is 0 Å². The van der Waals surface area contributed by atoms with Crippen LogP contribution in [0.3, 0.4) is 0 Å². The van der Waals surface area contributed by atoms with Gasteiger partial charge >= 0.3 is 0 Å². The smallest absolute Gasteiger partial charge is 0.265 e. The van der Waals surface area contributed by atoms with Crippen LogP contribution in [-0.2, 0) is 4.79 Å². The Morgan fingerprint density at radius 1 is 1.31 bits per heavy atom. The monoisotopic (exact) mass is 308 g/mol. The first-order chi connectivity index (χ1) is 6.08. The van der Waals surface area contributed by atoms with E-state index in [1.807, 2.05) is 6.07 Å². The zero-order valence-corrected chi connectivity index (χ0v) is 10.3. The lowest BCUT2D eigenvalue weighted by molar-refractivity contribution is -0.130. The molecule has 1 aliphatic heterocycles. The van der Waals surface area contributed by atoms with Gasteiger partial charge in [0.05, 0.1) is 0 Å². The highest BCUT2D eigenvalue weighted by Gasteiger charge is 2.36. The third-order valence-electron chi connectivity index (χ3n) is 2.05. The van der Waals surface area contributed by atoms with Gasteiger partial charge < -0.3 is 4.90 Å². The summed E-state index contributed by atoms with van der Waals surface area (Å²) >= 11 is 6.09. The third kappa shape index (κ3) is 2.68. The van der Waals surface area contributed by atoms with Crippen LogP contribution >= 0.6 is 31.9 Å². The molecular weight excluding hydrogens is 300 g/mol. The molecule has 0 atom stereocenters. The maximum Gasteiger partial charge on any atom is 0.265 e. The molecule has 0 spiro atoms. The summed E-state index contributed by atoms with van der Waals surface area (Å²) < 4.78 is -1.22. The number of hydrogen-bond donors (Lipinski definition) is 0. The largest absolute Gasteiger partial charge is 0.340 e. The van der Waals surface area contributed by atoms with Gasteiger partial charge in [-0.1, -0.05) is 0 Å². The third-order valence-corrected chi connectivity index (χ3v) is 3.09. The number of amides is 1. The summed E-state index contributed by atoms with van der Waals surface area (Å²) in [6.45, 7) is 1.53. The number of nitriles is 1. The number of likely N-dealkylation sites (tertiary alicyclic amines) is 1. The number of carbonyl (C=O) groups excluding carboxylic acids is 1. The fourth-order valence-electron chi connectivity index (χ4n) is 1.34. The van der Waals surface area contributed by atoms with E-state index in [1.54, 1.807) is 4.90 Å². The first-order valence-corrected chi connectivity index (χ1v) is 5.75. The van der Waals surface area contributed by atoms with E-state index in [-0.39, 0.29) is 5.91 Å². The number of carbonyl (C=O) groups is 1. The van der Waals surface area contributed by atoms with E-state index in [0.717, 1.165) is 25.9 Å². The molecule has 0 bridgehead atoms. The topological polar surface area (TPSA) is 44.1 Å². The molecular formula is C8H10Br2N2O. The number of nitrogens with zero attached hydrogens (tertiary/aromatic N) is 2. The van der Waals surface area contributed by atoms with Gasteiger partial charge in [-0.05, 0) is 51.1 Å². The summed E-state index contributed by atoms with van der Waals surface area (Å²) in [6, 6.07) is 1.88. The number of hydrogen-bond acceptors (Lipinski definition) is 2. The molecule has 0 aromatic rings. The summed E-state index contributed by atoms with van der Waals surface area (Å²) in [5, 5.41) is 8.70. The molecule has 0 unspecified atom stereocenters. The Hall–Kier alpha value is -0.0800. The molecule has 0 radical (unpaired) electrons. The Kier molecular flexibility index (Phi) is 3.74. The van der Waals surface area contributed by atoms with Crippen LogP contribution in [0.1, 0.15) is 19.3 Å². The summed E-state index contributed by atoms with van der Waals surface area (Å²) in [6.07, 6.45) is 3.24. The lowest BCUT2D eigenvalue weighted by Gasteiger charge is -2.29. The van der Waals surface area contributed by atoms with E-state index < -0.39 is 3.23 Å². The zero-order valence-electron chi connectivity index (χ0n) is 7.09. The van der Waals surface area contributed by atoms with E-state index in [2.05, 4.69) is 31.9 Å². The van der Waals surface area contributed by atoms with Crippen LogP contribution in [0.25, 0.3) is 0 Å². The van der Waals surface area contributed by atoms with Crippen LogP contribution in [0, 0.1) is 11.3 Å². The molecule has 5 heteroatoms. The summed E-state index contributed by atoms with van der Waals surface area (Å²) in [7, 11) is 0. The quantitative estimate of drug-likeness (QED) is 0.696. The van der Waals surface area contributed by atoms with Gasteiger partial charge in [-0.25, -0.2) is 0 Å². The molecule has 0 N–H and O–H groups in total. The van der Waals surface area contributed by atoms with Gasteiger partial charge in [0.15, 0.2) is 0 Å². The second-order valence-electron chi connectivity index (χ2n) is 3.04. The molecule has 0 aromatic carbocycles. The van der Waals surface area contributed by atoms with Crippen molar-refractivity contribution in [3.8, 4) is 6.07 Å². The van der Waals surface area contributed by atoms with E-state index in [0.29, 0.717) is 0 Å². The highest BCUT2D eigenvalue weighted by molar-refractivity contribution is 9.26. The Morgan fingerprint density at radius 3 is 2.31 bits per heavy atom. The summed E-state index contributed by atoms with van der Waals surface area (Å²) in [5.41, 5.74) is 0. The van der Waals surface area contributed by atoms with E-state index in [1.165, 1.54) is 6.42 Å². The van der Waals surface area contributed by atoms with Crippen molar-refractivity contribution < 1.29 is 4.79 Å². The van der Waals surface area contributed by atoms with Crippen molar-refractivity contribution in [2.45, 2.75) is 22.5 Å². The normalized spacial score (nSPS) is 18.1. The second kappa shape index (κ2) is 4.43. The van der Waals surface area contributed by atoms with Gasteiger partial charge in [0, 0.05) is 13.1 Å². The second-order valence-corrected chi connectivity index (χ2v) is 6.48. The van der Waals surface area contributed by atoms with Gasteiger partial charge in [0.1, 0.15) is 6.07 Å². The first-order valence-electron chi connectivity index (χ1n) is 4.16. The van der Waals surface area contributed by atoms with Crippen LogP contribution in [0.15, 0.2) is 0 Å². The molecule has 13 heavy (non-hydrogen) atoms. The first kappa shape index (κ1) is 11.0. The standard InChI is InChI=1S/C8H10Br2N2O/c9-8(10,6-11)7(13)12-4-2-1-3-5-12/h1-5H2. The van der Waals surface area contributed by atoms with Gasteiger partial charge in [-0.2, -0.15) is 5.26 Å². The minimum atomic E-state index is -1.22. The molecule has 1 rings (SSSR count). The van der Waals surface area contributed by atoms with E-state index >= 15 is 0 Å². The Morgan fingerprint density at radius 2 is 1.85 bits per heavy atom. The van der Waals surface area contributed by atoms with Crippen molar-refractivity contribution in [1.82, 2.24) is 4.90 Å². The fourth-order valence-corrected chi connectivity index (χ4v) is 1.84. The predicted molar refractivity (Wildman–Crippen MR) is 56.6 cm³/mol. The van der Waals surface area contributed by atoms with Crippen molar-refractivity contribution in [3.63, 3.8) is 0 Å². The summed E-state index contributed by atoms with van der Waals surface area (Å²) in [5.74, 6) is -0.185. The van der Waals surface area contributed by atoms with Crippen LogP contribution in [0.2, 0.25) is 0 Å². The van der Waals surface area contributed by atoms with Crippen molar-refractivity contribution in [1.29, 1.82) is 5.26 Å². The van der Waals surface area contributed by atoms with Gasteiger partial charge in [-0.15, -0.1) is 0 Å². The average Bonchev–Trinajstić information content (AvgIpc) is 2.18. The van der Waals surface area contributed by atoms with Gasteiger partial charge in [0.25, 0.3) is 5.91 Å². The molecule has 3 nitrogen and oxygen atoms in total. The van der Waals surface area contributed by atoms with Crippen LogP contribution in [-0.4, -0.2) is 27.1 Å². The zero-order chi connectivity index (χ0) is 9.90. The molecule has 0 aromatic heterocycles. The number of alkyl halides is 2. The Bertz CT molecular complexity index is 241. The maximum absolute atomic E-state index is 11.7. The Labute approximate surface area is 94.3 Å². The molecule has 1 amide bonds. The Balaban J connectivity index is 2.61. The van der Waals surface area contributed by atoms with Crippen LogP contribution in [0.5, 0.6) is 0 Å². The fraction of sp³-hybridized carbons (Fsp3) is 0.750. The minimum absolute atomic E-state index is 0.185. The molecule has 0 saturated carbocycles. The maximum atomic E-state index is 11.7. The van der Waals surface area contributed by atoms with Gasteiger partial charge in [-0.3, -0.25) is 4.79 Å². The lowest BCUT2D eigenvalue weighted by Crippen LogP contribution is -2.43. The molecule has 1 saturated heterocycles. The molecule has 1 aliphatic rings. The molecule has 1 fully saturated rings. The lowest BCUT2D eigenvalue weighted by atomic mass is 10.1. The number of piperidine rings is 1. The van der Waals surface area contributed by atoms with Crippen molar-refractivity contribution in [2.24, 2.45) is 0 Å². The van der Waals surface area contributed by atoms with Crippen molar-refractivity contribution in [2.75, 3.05) is 13.1 Å². The summed E-state index contributed by atoms with van der Waals surface area (Å²) in [4.78, 5) is 13.4. The minimum Gasteiger partial charge on any atom is -0.340 e. The van der Waals surface area contributed by atoms with Crippen molar-refractivity contribution >= 4 is 37.8 Å².